The highest BCUT2D eigenvalue weighted by Crippen LogP contribution is 2.22. The summed E-state index contributed by atoms with van der Waals surface area (Å²) in [6.45, 7) is 0. The highest BCUT2D eigenvalue weighted by Gasteiger charge is 2.13. The molecule has 1 aromatic carbocycles. The number of benzene rings is 1. The van der Waals surface area contributed by atoms with Gasteiger partial charge in [-0.05, 0) is 17.7 Å². The summed E-state index contributed by atoms with van der Waals surface area (Å²) < 4.78 is 4.62. The molecular weight excluding hydrogens is 204 g/mol. The average molecular weight is 216 g/mol. The Bertz CT molecular complexity index is 406. The molecule has 0 aromatic heterocycles. The summed E-state index contributed by atoms with van der Waals surface area (Å²) in [6.07, 6.45) is 5.69. The van der Waals surface area contributed by atoms with E-state index in [0.29, 0.717) is 0 Å². The molecule has 0 bridgehead atoms. The van der Waals surface area contributed by atoms with Gasteiger partial charge in [-0.15, -0.1) is 0 Å². The Balaban J connectivity index is 2.04. The molecule has 2 rings (SSSR count). The van der Waals surface area contributed by atoms with Crippen molar-refractivity contribution in [2.24, 2.45) is 0 Å². The molecule has 0 saturated heterocycles. The van der Waals surface area contributed by atoms with Crippen LogP contribution < -0.4 is 0 Å². The fraction of sp³-hybridized carbons (Fsp3) is 0.154. The third-order valence-electron chi connectivity index (χ3n) is 2.44. The molecule has 0 radical (unpaired) electrons. The molecular formula is C13H12O3. The van der Waals surface area contributed by atoms with Crippen molar-refractivity contribution in [2.75, 3.05) is 0 Å². The first-order chi connectivity index (χ1) is 7.75. The topological polar surface area (TPSA) is 46.5 Å². The fourth-order valence-electron chi connectivity index (χ4n) is 1.68. The zero-order valence-electron chi connectivity index (χ0n) is 8.61. The summed E-state index contributed by atoms with van der Waals surface area (Å²) in [6, 6.07) is 10.0. The van der Waals surface area contributed by atoms with E-state index in [0.717, 1.165) is 0 Å². The van der Waals surface area contributed by atoms with Crippen LogP contribution in [-0.2, 0) is 4.74 Å². The van der Waals surface area contributed by atoms with Gasteiger partial charge in [-0.3, -0.25) is 0 Å². The third kappa shape index (κ3) is 2.51. The molecule has 1 aliphatic rings. The Morgan fingerprint density at radius 2 is 1.69 bits per heavy atom. The van der Waals surface area contributed by atoms with Gasteiger partial charge in [0, 0.05) is 5.92 Å². The summed E-state index contributed by atoms with van der Waals surface area (Å²) in [7, 11) is 0. The lowest BCUT2D eigenvalue weighted by molar-refractivity contribution is 0.0827. The molecule has 0 spiro atoms. The Morgan fingerprint density at radius 3 is 2.25 bits per heavy atom. The van der Waals surface area contributed by atoms with Crippen molar-refractivity contribution in [3.8, 4) is 0 Å². The van der Waals surface area contributed by atoms with E-state index >= 15 is 0 Å². The first-order valence-corrected chi connectivity index (χ1v) is 5.07. The molecule has 1 aromatic rings. The molecule has 0 aliphatic heterocycles. The predicted molar refractivity (Wildman–Crippen MR) is 60.4 cm³/mol. The maximum atomic E-state index is 10.3. The van der Waals surface area contributed by atoms with Gasteiger partial charge in [-0.1, -0.05) is 42.5 Å². The van der Waals surface area contributed by atoms with Gasteiger partial charge in [0.15, 0.2) is 0 Å². The van der Waals surface area contributed by atoms with Gasteiger partial charge in [0.25, 0.3) is 0 Å². The van der Waals surface area contributed by atoms with Gasteiger partial charge in [-0.25, -0.2) is 4.79 Å². The smallest absolute Gasteiger partial charge is 0.450 e. The minimum atomic E-state index is -1.25. The number of rotatable bonds is 2. The zero-order chi connectivity index (χ0) is 11.4. The lowest BCUT2D eigenvalue weighted by Crippen LogP contribution is -2.14. The second-order valence-electron chi connectivity index (χ2n) is 3.55. The molecule has 1 aliphatic carbocycles. The highest BCUT2D eigenvalue weighted by molar-refractivity contribution is 5.57. The summed E-state index contributed by atoms with van der Waals surface area (Å²) in [4.78, 5) is 10.3. The Hall–Kier alpha value is -2.03. The number of allylic oxidation sites excluding steroid dienone is 2. The summed E-state index contributed by atoms with van der Waals surface area (Å²) in [5.41, 5.74) is 1.18. The van der Waals surface area contributed by atoms with Crippen LogP contribution in [0.15, 0.2) is 54.6 Å². The van der Waals surface area contributed by atoms with E-state index in [9.17, 15) is 4.79 Å². The fourth-order valence-corrected chi connectivity index (χ4v) is 1.68. The van der Waals surface area contributed by atoms with Crippen molar-refractivity contribution in [2.45, 2.75) is 12.0 Å². The van der Waals surface area contributed by atoms with Crippen LogP contribution in [0.2, 0.25) is 0 Å². The first-order valence-electron chi connectivity index (χ1n) is 5.07. The van der Waals surface area contributed by atoms with E-state index in [1.165, 1.54) is 5.56 Å². The summed E-state index contributed by atoms with van der Waals surface area (Å²) >= 11 is 0. The van der Waals surface area contributed by atoms with Gasteiger partial charge < -0.3 is 9.84 Å². The van der Waals surface area contributed by atoms with Crippen molar-refractivity contribution < 1.29 is 14.6 Å². The average Bonchev–Trinajstić information content (AvgIpc) is 2.30. The third-order valence-corrected chi connectivity index (χ3v) is 2.44. The minimum Gasteiger partial charge on any atom is -0.450 e. The molecule has 3 heteroatoms. The van der Waals surface area contributed by atoms with Crippen LogP contribution in [0, 0.1) is 0 Å². The van der Waals surface area contributed by atoms with E-state index in [2.05, 4.69) is 4.74 Å². The Kier molecular flexibility index (Phi) is 3.05. The van der Waals surface area contributed by atoms with E-state index in [-0.39, 0.29) is 5.92 Å². The van der Waals surface area contributed by atoms with Crippen LogP contribution in [0.3, 0.4) is 0 Å². The van der Waals surface area contributed by atoms with Crippen molar-refractivity contribution in [1.82, 2.24) is 0 Å². The van der Waals surface area contributed by atoms with Crippen molar-refractivity contribution in [3.63, 3.8) is 0 Å². The van der Waals surface area contributed by atoms with Crippen LogP contribution in [0.4, 0.5) is 4.79 Å². The standard InChI is InChI=1S/C13H12O3/c14-13(15)16-12-8-6-11(7-9-12)10-4-2-1-3-5-10/h1-9,11-12H,(H,14,15)/t11-,12-. The van der Waals surface area contributed by atoms with Crippen LogP contribution in [0.25, 0.3) is 0 Å². The molecule has 3 nitrogen and oxygen atoms in total. The first kappa shape index (κ1) is 10.5. The SMILES string of the molecule is O=C(O)O[C@H]1C=C[C@H](c2ccccc2)C=C1. The Labute approximate surface area is 93.7 Å². The van der Waals surface area contributed by atoms with Gasteiger partial charge in [0.1, 0.15) is 6.10 Å². The number of carbonyl (C=O) groups is 1. The molecule has 0 atom stereocenters. The summed E-state index contributed by atoms with van der Waals surface area (Å²) in [5, 5.41) is 8.46. The normalized spacial score (nSPS) is 23.0. The number of ether oxygens (including phenoxy) is 1. The van der Waals surface area contributed by atoms with Gasteiger partial charge in [-0.2, -0.15) is 0 Å². The predicted octanol–water partition coefficient (Wildman–Crippen LogP) is 2.96. The van der Waals surface area contributed by atoms with Gasteiger partial charge in [0.2, 0.25) is 0 Å². The molecule has 0 saturated carbocycles. The largest absolute Gasteiger partial charge is 0.506 e. The zero-order valence-corrected chi connectivity index (χ0v) is 8.61. The molecule has 0 unspecified atom stereocenters. The second-order valence-corrected chi connectivity index (χ2v) is 3.55. The second kappa shape index (κ2) is 4.66. The molecule has 16 heavy (non-hydrogen) atoms. The minimum absolute atomic E-state index is 0.204. The lowest BCUT2D eigenvalue weighted by Gasteiger charge is -2.16. The van der Waals surface area contributed by atoms with Crippen LogP contribution in [0.1, 0.15) is 11.5 Å². The van der Waals surface area contributed by atoms with Crippen LogP contribution >= 0.6 is 0 Å². The van der Waals surface area contributed by atoms with Gasteiger partial charge >= 0.3 is 6.16 Å². The maximum Gasteiger partial charge on any atom is 0.506 e. The van der Waals surface area contributed by atoms with E-state index in [4.69, 9.17) is 5.11 Å². The monoisotopic (exact) mass is 216 g/mol. The molecule has 1 N–H and O–H groups in total. The van der Waals surface area contributed by atoms with E-state index in [1.807, 2.05) is 42.5 Å². The van der Waals surface area contributed by atoms with E-state index in [1.54, 1.807) is 12.2 Å². The molecule has 0 fully saturated rings. The van der Waals surface area contributed by atoms with Crippen LogP contribution in [0.5, 0.6) is 0 Å². The quantitative estimate of drug-likeness (QED) is 0.610. The van der Waals surface area contributed by atoms with Crippen LogP contribution in [-0.4, -0.2) is 17.4 Å². The Morgan fingerprint density at radius 1 is 1.06 bits per heavy atom. The molecule has 0 amide bonds. The van der Waals surface area contributed by atoms with Crippen molar-refractivity contribution >= 4 is 6.16 Å². The molecule has 82 valence electrons. The van der Waals surface area contributed by atoms with E-state index < -0.39 is 12.3 Å². The molecule has 0 heterocycles. The maximum absolute atomic E-state index is 10.3. The highest BCUT2D eigenvalue weighted by atomic mass is 16.7. The van der Waals surface area contributed by atoms with Crippen molar-refractivity contribution in [1.29, 1.82) is 0 Å². The van der Waals surface area contributed by atoms with Gasteiger partial charge in [0.05, 0.1) is 0 Å². The van der Waals surface area contributed by atoms with Crippen molar-refractivity contribution in [3.05, 3.63) is 60.2 Å². The number of hydrogen-bond acceptors (Lipinski definition) is 2. The number of carboxylic acid groups (broad SMARTS) is 1. The summed E-state index contributed by atoms with van der Waals surface area (Å²) in [5.74, 6) is 0.204. The lowest BCUT2D eigenvalue weighted by atomic mass is 9.94. The number of hydrogen-bond donors (Lipinski definition) is 1.